The van der Waals surface area contributed by atoms with Gasteiger partial charge in [-0.25, -0.2) is 13.8 Å². The lowest BCUT2D eigenvalue weighted by Gasteiger charge is -2.33. The van der Waals surface area contributed by atoms with Crippen LogP contribution in [0.3, 0.4) is 0 Å². The van der Waals surface area contributed by atoms with Gasteiger partial charge in [-0.3, -0.25) is 9.78 Å². The quantitative estimate of drug-likeness (QED) is 0.852. The molecule has 1 aliphatic heterocycles. The molecule has 0 bridgehead atoms. The third kappa shape index (κ3) is 2.04. The molecule has 5 nitrogen and oxygen atoms in total. The molecule has 1 fully saturated rings. The van der Waals surface area contributed by atoms with Crippen molar-refractivity contribution in [1.82, 2.24) is 15.3 Å². The number of halogens is 2. The second-order valence-corrected chi connectivity index (χ2v) is 4.64. The largest absolute Gasteiger partial charge is 0.353 e. The summed E-state index contributed by atoms with van der Waals surface area (Å²) in [5.74, 6) is -1.53. The fraction of sp³-hybridized carbons (Fsp3) is 0.308. The van der Waals surface area contributed by atoms with E-state index >= 15 is 0 Å². The van der Waals surface area contributed by atoms with Gasteiger partial charge in [-0.2, -0.15) is 0 Å². The number of fused-ring (bicyclic) bond motifs is 1. The lowest BCUT2D eigenvalue weighted by atomic mass is 10.2. The van der Waals surface area contributed by atoms with Crippen molar-refractivity contribution >= 4 is 22.8 Å². The van der Waals surface area contributed by atoms with Gasteiger partial charge in [-0.15, -0.1) is 0 Å². The first-order valence-electron chi connectivity index (χ1n) is 6.22. The molecule has 0 spiro atoms. The van der Waals surface area contributed by atoms with Crippen LogP contribution in [-0.4, -0.2) is 35.0 Å². The molecule has 2 aromatic rings. The van der Waals surface area contributed by atoms with Crippen molar-refractivity contribution in [3.8, 4) is 0 Å². The molecule has 0 unspecified atom stereocenters. The number of carbonyl (C=O) groups excluding carboxylic acids is 1. The lowest BCUT2D eigenvalue weighted by molar-refractivity contribution is -0.122. The zero-order chi connectivity index (χ0) is 14.3. The van der Waals surface area contributed by atoms with Crippen molar-refractivity contribution in [3.63, 3.8) is 0 Å². The zero-order valence-corrected chi connectivity index (χ0v) is 10.7. The summed E-state index contributed by atoms with van der Waals surface area (Å²) < 4.78 is 26.4. The van der Waals surface area contributed by atoms with E-state index < -0.39 is 11.6 Å². The van der Waals surface area contributed by atoms with Gasteiger partial charge in [0, 0.05) is 25.2 Å². The van der Waals surface area contributed by atoms with E-state index in [9.17, 15) is 13.6 Å². The number of benzene rings is 1. The Morgan fingerprint density at radius 3 is 2.75 bits per heavy atom. The fourth-order valence-corrected chi connectivity index (χ4v) is 2.23. The molecular weight excluding hydrogens is 266 g/mol. The summed E-state index contributed by atoms with van der Waals surface area (Å²) in [5.41, 5.74) is 0.543. The summed E-state index contributed by atoms with van der Waals surface area (Å²) in [7, 11) is 0. The van der Waals surface area contributed by atoms with Gasteiger partial charge in [0.1, 0.15) is 11.9 Å². The Hall–Kier alpha value is -2.31. The Labute approximate surface area is 113 Å². The molecule has 1 N–H and O–H groups in total. The number of carbonyl (C=O) groups is 1. The second kappa shape index (κ2) is 4.66. The lowest BCUT2D eigenvalue weighted by Crippen LogP contribution is -2.54. The third-order valence-electron chi connectivity index (χ3n) is 3.36. The Balaban J connectivity index is 2.04. The number of nitrogens with one attached hydrogen (secondary N) is 1. The van der Waals surface area contributed by atoms with Crippen LogP contribution in [0.2, 0.25) is 0 Å². The van der Waals surface area contributed by atoms with E-state index in [1.807, 2.05) is 0 Å². The fourth-order valence-electron chi connectivity index (χ4n) is 2.23. The molecule has 1 atom stereocenters. The zero-order valence-electron chi connectivity index (χ0n) is 10.7. The van der Waals surface area contributed by atoms with Gasteiger partial charge in [0.15, 0.2) is 11.6 Å². The molecule has 0 saturated carbocycles. The average Bonchev–Trinajstić information content (AvgIpc) is 2.43. The number of piperazine rings is 1. The average molecular weight is 278 g/mol. The molecule has 104 valence electrons. The summed E-state index contributed by atoms with van der Waals surface area (Å²) in [6.07, 6.45) is 1.47. The van der Waals surface area contributed by atoms with Crippen molar-refractivity contribution in [2.45, 2.75) is 13.0 Å². The molecule has 1 amide bonds. The maximum Gasteiger partial charge on any atom is 0.242 e. The number of nitrogens with zero attached hydrogens (tertiary/aromatic N) is 3. The van der Waals surface area contributed by atoms with Crippen molar-refractivity contribution in [1.29, 1.82) is 0 Å². The highest BCUT2D eigenvalue weighted by molar-refractivity contribution is 5.86. The predicted octanol–water partition coefficient (Wildman–Crippen LogP) is 1.23. The summed E-state index contributed by atoms with van der Waals surface area (Å²) in [6, 6.07) is 1.64. The van der Waals surface area contributed by atoms with Gasteiger partial charge in [0.2, 0.25) is 5.91 Å². The Morgan fingerprint density at radius 1 is 1.30 bits per heavy atom. The van der Waals surface area contributed by atoms with E-state index in [1.165, 1.54) is 6.20 Å². The van der Waals surface area contributed by atoms with Gasteiger partial charge in [-0.1, -0.05) is 0 Å². The molecule has 1 aromatic heterocycles. The monoisotopic (exact) mass is 278 g/mol. The van der Waals surface area contributed by atoms with Gasteiger partial charge >= 0.3 is 0 Å². The van der Waals surface area contributed by atoms with Crippen molar-refractivity contribution in [3.05, 3.63) is 30.0 Å². The van der Waals surface area contributed by atoms with E-state index in [0.29, 0.717) is 18.9 Å². The minimum Gasteiger partial charge on any atom is -0.353 e. The molecule has 1 aliphatic rings. The van der Waals surface area contributed by atoms with E-state index in [1.54, 1.807) is 11.8 Å². The minimum absolute atomic E-state index is 0.0940. The molecule has 2 heterocycles. The van der Waals surface area contributed by atoms with Crippen molar-refractivity contribution in [2.24, 2.45) is 0 Å². The topological polar surface area (TPSA) is 58.1 Å². The number of hydrogen-bond acceptors (Lipinski definition) is 4. The van der Waals surface area contributed by atoms with Crippen LogP contribution in [0.25, 0.3) is 11.0 Å². The number of anilines is 1. The van der Waals surface area contributed by atoms with Gasteiger partial charge in [0.25, 0.3) is 0 Å². The molecular formula is C13H12F2N4O. The Morgan fingerprint density at radius 2 is 2.00 bits per heavy atom. The van der Waals surface area contributed by atoms with Crippen LogP contribution in [0, 0.1) is 11.6 Å². The normalized spacial score (nSPS) is 19.2. The van der Waals surface area contributed by atoms with Crippen molar-refractivity contribution in [2.75, 3.05) is 18.0 Å². The first kappa shape index (κ1) is 12.7. The van der Waals surface area contributed by atoms with Crippen LogP contribution >= 0.6 is 0 Å². The highest BCUT2D eigenvalue weighted by atomic mass is 19.2. The SMILES string of the molecule is C[C@H]1C(=O)NCCN1c1cnc2cc(F)c(F)cc2n1. The predicted molar refractivity (Wildman–Crippen MR) is 69.3 cm³/mol. The highest BCUT2D eigenvalue weighted by Crippen LogP contribution is 2.20. The highest BCUT2D eigenvalue weighted by Gasteiger charge is 2.26. The van der Waals surface area contributed by atoms with Gasteiger partial charge in [0.05, 0.1) is 17.2 Å². The van der Waals surface area contributed by atoms with Gasteiger partial charge in [-0.05, 0) is 6.92 Å². The molecule has 1 aromatic carbocycles. The number of rotatable bonds is 1. The van der Waals surface area contributed by atoms with Crippen LogP contribution in [0.5, 0.6) is 0 Å². The molecule has 20 heavy (non-hydrogen) atoms. The minimum atomic E-state index is -0.964. The van der Waals surface area contributed by atoms with Gasteiger partial charge < -0.3 is 10.2 Å². The molecule has 7 heteroatoms. The first-order chi connectivity index (χ1) is 9.56. The molecule has 1 saturated heterocycles. The smallest absolute Gasteiger partial charge is 0.242 e. The summed E-state index contributed by atoms with van der Waals surface area (Å²) in [5, 5.41) is 2.75. The molecule has 3 rings (SSSR count). The van der Waals surface area contributed by atoms with Crippen LogP contribution in [0.15, 0.2) is 18.3 Å². The number of hydrogen-bond donors (Lipinski definition) is 1. The van der Waals surface area contributed by atoms with Crippen LogP contribution in [0.1, 0.15) is 6.92 Å². The summed E-state index contributed by atoms with van der Waals surface area (Å²) >= 11 is 0. The summed E-state index contributed by atoms with van der Waals surface area (Å²) in [6.45, 7) is 2.86. The van der Waals surface area contributed by atoms with Crippen LogP contribution in [0.4, 0.5) is 14.6 Å². The third-order valence-corrected chi connectivity index (χ3v) is 3.36. The maximum absolute atomic E-state index is 13.2. The van der Waals surface area contributed by atoms with E-state index in [4.69, 9.17) is 0 Å². The van der Waals surface area contributed by atoms with E-state index in [-0.39, 0.29) is 23.0 Å². The van der Waals surface area contributed by atoms with E-state index in [2.05, 4.69) is 15.3 Å². The summed E-state index contributed by atoms with van der Waals surface area (Å²) in [4.78, 5) is 21.8. The van der Waals surface area contributed by atoms with Crippen LogP contribution in [-0.2, 0) is 4.79 Å². The van der Waals surface area contributed by atoms with Crippen molar-refractivity contribution < 1.29 is 13.6 Å². The second-order valence-electron chi connectivity index (χ2n) is 4.64. The number of amides is 1. The maximum atomic E-state index is 13.2. The standard InChI is InChI=1S/C13H12F2N4O/c1-7-13(20)16-2-3-19(7)12-6-17-10-4-8(14)9(15)5-11(10)18-12/h4-7H,2-3H2,1H3,(H,16,20)/t7-/m0/s1. The molecule has 0 aliphatic carbocycles. The molecule has 0 radical (unpaired) electrons. The van der Waals surface area contributed by atoms with Crippen LogP contribution < -0.4 is 10.2 Å². The number of aromatic nitrogens is 2. The van der Waals surface area contributed by atoms with E-state index in [0.717, 1.165) is 12.1 Å². The Bertz CT molecular complexity index is 691. The first-order valence-corrected chi connectivity index (χ1v) is 6.22. The Kier molecular flexibility index (Phi) is 2.96.